The zero-order chi connectivity index (χ0) is 15.9. The maximum atomic E-state index is 12.0. The van der Waals surface area contributed by atoms with Gasteiger partial charge in [0.1, 0.15) is 0 Å². The molecule has 0 bridgehead atoms. The summed E-state index contributed by atoms with van der Waals surface area (Å²) in [6.45, 7) is 0.478. The van der Waals surface area contributed by atoms with Gasteiger partial charge in [-0.1, -0.05) is 24.3 Å². The van der Waals surface area contributed by atoms with Gasteiger partial charge in [0, 0.05) is 30.0 Å². The van der Waals surface area contributed by atoms with E-state index in [0.717, 1.165) is 22.1 Å². The first kappa shape index (κ1) is 15.2. The molecule has 2 heterocycles. The Morgan fingerprint density at radius 3 is 2.78 bits per heavy atom. The number of hydrogen-bond acceptors (Lipinski definition) is 5. The van der Waals surface area contributed by atoms with Crippen LogP contribution < -0.4 is 10.6 Å². The number of carbonyl (C=O) groups excluding carboxylic acids is 1. The zero-order valence-corrected chi connectivity index (χ0v) is 13.2. The lowest BCUT2D eigenvalue weighted by atomic mass is 10.2. The molecule has 6 heteroatoms. The number of para-hydroxylation sites is 1. The summed E-state index contributed by atoms with van der Waals surface area (Å²) in [5, 5.41) is 8.78. The van der Waals surface area contributed by atoms with Gasteiger partial charge in [-0.15, -0.1) is 11.3 Å². The normalized spacial score (nSPS) is 10.3. The minimum atomic E-state index is -0.0505. The summed E-state index contributed by atoms with van der Waals surface area (Å²) in [5.41, 5.74) is 2.72. The number of nitrogens with zero attached hydrogens (tertiary/aromatic N) is 2. The number of benzene rings is 1. The van der Waals surface area contributed by atoms with Crippen molar-refractivity contribution in [1.29, 1.82) is 0 Å². The first-order valence-corrected chi connectivity index (χ1v) is 8.09. The van der Waals surface area contributed by atoms with Crippen molar-refractivity contribution in [2.75, 3.05) is 5.32 Å². The highest BCUT2D eigenvalue weighted by molar-refractivity contribution is 7.13. The number of nitrogens with one attached hydrogen (secondary N) is 2. The second kappa shape index (κ2) is 7.51. The zero-order valence-electron chi connectivity index (χ0n) is 12.4. The van der Waals surface area contributed by atoms with E-state index >= 15 is 0 Å². The maximum absolute atomic E-state index is 12.0. The van der Waals surface area contributed by atoms with Gasteiger partial charge in [0.15, 0.2) is 5.13 Å². The SMILES string of the molecule is O=C(Cc1csc(Nc2ccccc2)n1)NCc1cccnc1. The molecule has 0 fully saturated rings. The van der Waals surface area contributed by atoms with Crippen molar-refractivity contribution in [1.82, 2.24) is 15.3 Å². The number of aromatic nitrogens is 2. The third-order valence-electron chi connectivity index (χ3n) is 3.13. The number of pyridine rings is 1. The van der Waals surface area contributed by atoms with Crippen LogP contribution >= 0.6 is 11.3 Å². The molecule has 2 N–H and O–H groups in total. The van der Waals surface area contributed by atoms with Gasteiger partial charge in [-0.3, -0.25) is 9.78 Å². The van der Waals surface area contributed by atoms with Crippen LogP contribution in [0.4, 0.5) is 10.8 Å². The summed E-state index contributed by atoms with van der Waals surface area (Å²) < 4.78 is 0. The molecule has 1 amide bonds. The van der Waals surface area contributed by atoms with Crippen molar-refractivity contribution >= 4 is 28.1 Å². The standard InChI is InChI=1S/C17H16N4OS/c22-16(19-11-13-5-4-8-18-10-13)9-15-12-23-17(21-15)20-14-6-2-1-3-7-14/h1-8,10,12H,9,11H2,(H,19,22)(H,20,21). The first-order valence-electron chi connectivity index (χ1n) is 7.22. The highest BCUT2D eigenvalue weighted by Gasteiger charge is 2.08. The third kappa shape index (κ3) is 4.62. The molecule has 0 aliphatic heterocycles. The highest BCUT2D eigenvalue weighted by atomic mass is 32.1. The van der Waals surface area contributed by atoms with Crippen molar-refractivity contribution < 1.29 is 4.79 Å². The smallest absolute Gasteiger partial charge is 0.226 e. The monoisotopic (exact) mass is 324 g/mol. The fraction of sp³-hybridized carbons (Fsp3) is 0.118. The van der Waals surface area contributed by atoms with Crippen molar-refractivity contribution in [3.63, 3.8) is 0 Å². The Morgan fingerprint density at radius 2 is 2.00 bits per heavy atom. The van der Waals surface area contributed by atoms with Gasteiger partial charge in [0.05, 0.1) is 12.1 Å². The Labute approximate surface area is 138 Å². The summed E-state index contributed by atoms with van der Waals surface area (Å²) in [5.74, 6) is -0.0505. The molecule has 116 valence electrons. The second-order valence-corrected chi connectivity index (χ2v) is 5.81. The van der Waals surface area contributed by atoms with Gasteiger partial charge in [-0.05, 0) is 23.8 Å². The Kier molecular flexibility index (Phi) is 4.95. The lowest BCUT2D eigenvalue weighted by molar-refractivity contribution is -0.120. The Hall–Kier alpha value is -2.73. The minimum absolute atomic E-state index is 0.0505. The van der Waals surface area contributed by atoms with Crippen LogP contribution in [0.25, 0.3) is 0 Å². The van der Waals surface area contributed by atoms with E-state index in [0.29, 0.717) is 6.54 Å². The van der Waals surface area contributed by atoms with Crippen LogP contribution in [0.1, 0.15) is 11.3 Å². The lowest BCUT2D eigenvalue weighted by Gasteiger charge is -2.03. The molecule has 0 atom stereocenters. The van der Waals surface area contributed by atoms with Crippen molar-refractivity contribution in [2.45, 2.75) is 13.0 Å². The fourth-order valence-corrected chi connectivity index (χ4v) is 2.75. The summed E-state index contributed by atoms with van der Waals surface area (Å²) in [6, 6.07) is 13.6. The molecule has 0 aliphatic rings. The summed E-state index contributed by atoms with van der Waals surface area (Å²) in [7, 11) is 0. The number of hydrogen-bond donors (Lipinski definition) is 2. The molecule has 0 radical (unpaired) electrons. The second-order valence-electron chi connectivity index (χ2n) is 4.95. The van der Waals surface area contributed by atoms with E-state index in [1.165, 1.54) is 11.3 Å². The predicted octanol–water partition coefficient (Wildman–Crippen LogP) is 3.14. The summed E-state index contributed by atoms with van der Waals surface area (Å²) in [4.78, 5) is 20.4. The van der Waals surface area contributed by atoms with E-state index in [1.54, 1.807) is 12.4 Å². The third-order valence-corrected chi connectivity index (χ3v) is 3.94. The molecule has 5 nitrogen and oxygen atoms in total. The average molecular weight is 324 g/mol. The fourth-order valence-electron chi connectivity index (χ4n) is 2.02. The molecular formula is C17H16N4OS. The number of carbonyl (C=O) groups is 1. The predicted molar refractivity (Wildman–Crippen MR) is 91.6 cm³/mol. The number of rotatable bonds is 6. The van der Waals surface area contributed by atoms with Crippen LogP contribution in [0, 0.1) is 0 Å². The van der Waals surface area contributed by atoms with Gasteiger partial charge in [-0.25, -0.2) is 4.98 Å². The molecule has 2 aromatic heterocycles. The quantitative estimate of drug-likeness (QED) is 0.731. The molecule has 1 aromatic carbocycles. The van der Waals surface area contributed by atoms with E-state index < -0.39 is 0 Å². The average Bonchev–Trinajstić information content (AvgIpc) is 3.02. The van der Waals surface area contributed by atoms with Crippen molar-refractivity contribution in [3.05, 3.63) is 71.5 Å². The topological polar surface area (TPSA) is 66.9 Å². The van der Waals surface area contributed by atoms with E-state index in [2.05, 4.69) is 20.6 Å². The van der Waals surface area contributed by atoms with Crippen LogP contribution in [0.2, 0.25) is 0 Å². The molecule has 0 spiro atoms. The molecule has 0 saturated carbocycles. The van der Waals surface area contributed by atoms with Crippen LogP contribution in [-0.2, 0) is 17.8 Å². The minimum Gasteiger partial charge on any atom is -0.352 e. The molecular weight excluding hydrogens is 308 g/mol. The molecule has 0 saturated heterocycles. The number of amides is 1. The van der Waals surface area contributed by atoms with Crippen LogP contribution in [-0.4, -0.2) is 15.9 Å². The van der Waals surface area contributed by atoms with Crippen LogP contribution in [0.3, 0.4) is 0 Å². The van der Waals surface area contributed by atoms with E-state index in [9.17, 15) is 4.79 Å². The van der Waals surface area contributed by atoms with Gasteiger partial charge >= 0.3 is 0 Å². The largest absolute Gasteiger partial charge is 0.352 e. The summed E-state index contributed by atoms with van der Waals surface area (Å²) in [6.07, 6.45) is 3.72. The summed E-state index contributed by atoms with van der Waals surface area (Å²) >= 11 is 1.49. The van der Waals surface area contributed by atoms with Gasteiger partial charge in [-0.2, -0.15) is 0 Å². The van der Waals surface area contributed by atoms with Gasteiger partial charge in [0.25, 0.3) is 0 Å². The molecule has 3 aromatic rings. The highest BCUT2D eigenvalue weighted by Crippen LogP contribution is 2.20. The molecule has 0 aliphatic carbocycles. The Balaban J connectivity index is 1.51. The number of anilines is 2. The van der Waals surface area contributed by atoms with Crippen LogP contribution in [0.5, 0.6) is 0 Å². The first-order chi connectivity index (χ1) is 11.3. The number of thiazole rings is 1. The van der Waals surface area contributed by atoms with Crippen molar-refractivity contribution in [2.24, 2.45) is 0 Å². The lowest BCUT2D eigenvalue weighted by Crippen LogP contribution is -2.24. The molecule has 23 heavy (non-hydrogen) atoms. The van der Waals surface area contributed by atoms with Gasteiger partial charge in [0.2, 0.25) is 5.91 Å². The van der Waals surface area contributed by atoms with Gasteiger partial charge < -0.3 is 10.6 Å². The van der Waals surface area contributed by atoms with Crippen molar-refractivity contribution in [3.8, 4) is 0 Å². The van der Waals surface area contributed by atoms with E-state index in [1.807, 2.05) is 47.8 Å². The molecule has 0 unspecified atom stereocenters. The van der Waals surface area contributed by atoms with E-state index in [4.69, 9.17) is 0 Å². The maximum Gasteiger partial charge on any atom is 0.226 e. The van der Waals surface area contributed by atoms with E-state index in [-0.39, 0.29) is 12.3 Å². The Morgan fingerprint density at radius 1 is 1.13 bits per heavy atom. The van der Waals surface area contributed by atoms with Crippen LogP contribution in [0.15, 0.2) is 60.2 Å². The Bertz CT molecular complexity index is 759. The molecule has 3 rings (SSSR count).